The van der Waals surface area contributed by atoms with E-state index < -0.39 is 5.56 Å². The predicted octanol–water partition coefficient (Wildman–Crippen LogP) is 0.626. The van der Waals surface area contributed by atoms with Gasteiger partial charge in [-0.3, -0.25) is 9.59 Å². The molecule has 0 saturated carbocycles. The Morgan fingerprint density at radius 3 is 2.82 bits per heavy atom. The Kier molecular flexibility index (Phi) is 2.05. The van der Waals surface area contributed by atoms with E-state index in [1.165, 1.54) is 13.0 Å². The van der Waals surface area contributed by atoms with Crippen molar-refractivity contribution in [2.45, 2.75) is 6.92 Å². The van der Waals surface area contributed by atoms with Crippen LogP contribution in [0.4, 0.5) is 0 Å². The number of hydrogen-bond donors (Lipinski definition) is 1. The Bertz CT molecular complexity index is 345. The van der Waals surface area contributed by atoms with Gasteiger partial charge in [0.15, 0.2) is 5.78 Å². The molecule has 1 rings (SSSR count). The molecule has 1 aromatic rings. The number of Topliss-reactive ketones (excluding diaryl/α,β-unsaturated/α-hetero) is 1. The fourth-order valence-electron chi connectivity index (χ4n) is 0.643. The summed E-state index contributed by atoms with van der Waals surface area (Å²) >= 11 is 5.43. The number of aromatic amines is 1. The van der Waals surface area contributed by atoms with E-state index in [-0.39, 0.29) is 16.5 Å². The van der Waals surface area contributed by atoms with Gasteiger partial charge in [0.05, 0.1) is 5.56 Å². The summed E-state index contributed by atoms with van der Waals surface area (Å²) in [5.74, 6) is -0.324. The summed E-state index contributed by atoms with van der Waals surface area (Å²) in [6, 6.07) is 1.24. The zero-order valence-electron chi connectivity index (χ0n) is 5.72. The average molecular weight is 173 g/mol. The lowest BCUT2D eigenvalue weighted by atomic mass is 10.2. The van der Waals surface area contributed by atoms with Crippen LogP contribution in [0.2, 0.25) is 5.15 Å². The van der Waals surface area contributed by atoms with Crippen LogP contribution in [0.25, 0.3) is 0 Å². The summed E-state index contributed by atoms with van der Waals surface area (Å²) in [6.07, 6.45) is 0. The second-order valence-corrected chi connectivity index (χ2v) is 2.38. The average Bonchev–Trinajstić information content (AvgIpc) is 1.94. The molecule has 0 spiro atoms. The van der Waals surface area contributed by atoms with Gasteiger partial charge in [0, 0.05) is 0 Å². The smallest absolute Gasteiger partial charge is 0.275 e. The van der Waals surface area contributed by atoms with Gasteiger partial charge in [-0.2, -0.15) is 5.10 Å². The van der Waals surface area contributed by atoms with Crippen LogP contribution < -0.4 is 5.56 Å². The van der Waals surface area contributed by atoms with Crippen LogP contribution in [0.1, 0.15) is 17.3 Å². The lowest BCUT2D eigenvalue weighted by molar-refractivity contribution is 0.101. The van der Waals surface area contributed by atoms with Gasteiger partial charge < -0.3 is 0 Å². The molecule has 1 N–H and O–H groups in total. The minimum absolute atomic E-state index is 0.0324. The zero-order valence-corrected chi connectivity index (χ0v) is 6.47. The van der Waals surface area contributed by atoms with Gasteiger partial charge in [-0.15, -0.1) is 0 Å². The van der Waals surface area contributed by atoms with Gasteiger partial charge in [-0.05, 0) is 13.0 Å². The topological polar surface area (TPSA) is 62.8 Å². The quantitative estimate of drug-likeness (QED) is 0.632. The van der Waals surface area contributed by atoms with Crippen LogP contribution in [-0.2, 0) is 0 Å². The zero-order chi connectivity index (χ0) is 8.43. The lowest BCUT2D eigenvalue weighted by Crippen LogP contribution is -2.16. The molecular formula is C6H5ClN2O2. The van der Waals surface area contributed by atoms with Crippen molar-refractivity contribution in [1.29, 1.82) is 0 Å². The maximum absolute atomic E-state index is 10.8. The molecular weight excluding hydrogens is 168 g/mol. The first-order valence-corrected chi connectivity index (χ1v) is 3.25. The van der Waals surface area contributed by atoms with Gasteiger partial charge in [-0.25, -0.2) is 5.10 Å². The normalized spacial score (nSPS) is 9.64. The lowest BCUT2D eigenvalue weighted by Gasteiger charge is -1.92. The van der Waals surface area contributed by atoms with Crippen molar-refractivity contribution in [1.82, 2.24) is 10.2 Å². The van der Waals surface area contributed by atoms with E-state index >= 15 is 0 Å². The van der Waals surface area contributed by atoms with E-state index in [4.69, 9.17) is 11.6 Å². The predicted molar refractivity (Wildman–Crippen MR) is 39.9 cm³/mol. The van der Waals surface area contributed by atoms with Gasteiger partial charge in [-0.1, -0.05) is 11.6 Å². The maximum atomic E-state index is 10.8. The molecule has 58 valence electrons. The molecule has 0 aromatic carbocycles. The number of nitrogens with one attached hydrogen (secondary N) is 1. The van der Waals surface area contributed by atoms with Crippen molar-refractivity contribution in [2.75, 3.05) is 0 Å². The van der Waals surface area contributed by atoms with Gasteiger partial charge >= 0.3 is 0 Å². The number of hydrogen-bond acceptors (Lipinski definition) is 3. The number of aromatic nitrogens is 2. The third kappa shape index (κ3) is 1.65. The highest BCUT2D eigenvalue weighted by molar-refractivity contribution is 6.29. The van der Waals surface area contributed by atoms with Gasteiger partial charge in [0.2, 0.25) is 0 Å². The maximum Gasteiger partial charge on any atom is 0.275 e. The Hall–Kier alpha value is -1.16. The first-order chi connectivity index (χ1) is 5.11. The van der Waals surface area contributed by atoms with E-state index in [1.807, 2.05) is 0 Å². The molecule has 0 aliphatic rings. The highest BCUT2D eigenvalue weighted by atomic mass is 35.5. The Labute approximate surface area is 67.2 Å². The molecule has 0 bridgehead atoms. The number of rotatable bonds is 1. The molecule has 0 amide bonds. The first-order valence-electron chi connectivity index (χ1n) is 2.87. The first kappa shape index (κ1) is 7.94. The summed E-state index contributed by atoms with van der Waals surface area (Å²) in [6.45, 7) is 1.29. The number of carbonyl (C=O) groups is 1. The second kappa shape index (κ2) is 2.84. The molecule has 5 heteroatoms. The molecule has 0 atom stereocenters. The highest BCUT2D eigenvalue weighted by Gasteiger charge is 2.05. The molecule has 0 saturated heterocycles. The van der Waals surface area contributed by atoms with Crippen molar-refractivity contribution < 1.29 is 4.79 Å². The summed E-state index contributed by atoms with van der Waals surface area (Å²) in [7, 11) is 0. The Morgan fingerprint density at radius 1 is 1.73 bits per heavy atom. The summed E-state index contributed by atoms with van der Waals surface area (Å²) in [4.78, 5) is 21.5. The number of H-pyrrole nitrogens is 1. The van der Waals surface area contributed by atoms with Crippen molar-refractivity contribution in [3.63, 3.8) is 0 Å². The number of carbonyl (C=O) groups excluding carboxylic acids is 1. The van der Waals surface area contributed by atoms with E-state index in [0.717, 1.165) is 0 Å². The molecule has 1 aromatic heterocycles. The highest BCUT2D eigenvalue weighted by Crippen LogP contribution is 2.01. The molecule has 0 aliphatic heterocycles. The molecule has 1 heterocycles. The van der Waals surface area contributed by atoms with Gasteiger partial charge in [0.25, 0.3) is 5.56 Å². The van der Waals surface area contributed by atoms with Crippen molar-refractivity contribution in [2.24, 2.45) is 0 Å². The molecule has 0 aliphatic carbocycles. The van der Waals surface area contributed by atoms with Crippen LogP contribution in [0.5, 0.6) is 0 Å². The summed E-state index contributed by atoms with van der Waals surface area (Å²) < 4.78 is 0. The largest absolute Gasteiger partial charge is 0.294 e. The number of nitrogens with zero attached hydrogens (tertiary/aromatic N) is 1. The fourth-order valence-corrected chi connectivity index (χ4v) is 0.794. The van der Waals surface area contributed by atoms with Crippen LogP contribution in [0.15, 0.2) is 10.9 Å². The van der Waals surface area contributed by atoms with Crippen LogP contribution in [0, 0.1) is 0 Å². The molecule has 4 nitrogen and oxygen atoms in total. The minimum atomic E-state index is -0.512. The monoisotopic (exact) mass is 172 g/mol. The fraction of sp³-hybridized carbons (Fsp3) is 0.167. The van der Waals surface area contributed by atoms with Crippen LogP contribution in [-0.4, -0.2) is 16.0 Å². The standard InChI is InChI=1S/C6H5ClN2O2/c1-3(10)4-2-5(7)8-9-6(4)11/h2H,1H3,(H,9,11). The van der Waals surface area contributed by atoms with E-state index in [0.29, 0.717) is 0 Å². The molecule has 11 heavy (non-hydrogen) atoms. The SMILES string of the molecule is CC(=O)c1cc(Cl)n[nH]c1=O. The number of halogens is 1. The van der Waals surface area contributed by atoms with Crippen LogP contribution in [0.3, 0.4) is 0 Å². The van der Waals surface area contributed by atoms with Gasteiger partial charge in [0.1, 0.15) is 5.15 Å². The minimum Gasteiger partial charge on any atom is -0.294 e. The summed E-state index contributed by atoms with van der Waals surface area (Å²) in [5.41, 5.74) is -0.480. The van der Waals surface area contributed by atoms with Crippen LogP contribution >= 0.6 is 11.6 Å². The molecule has 0 radical (unpaired) electrons. The number of ketones is 1. The van der Waals surface area contributed by atoms with Crippen molar-refractivity contribution in [3.05, 3.63) is 27.1 Å². The Balaban J connectivity index is 3.35. The summed E-state index contributed by atoms with van der Waals surface area (Å²) in [5, 5.41) is 5.59. The van der Waals surface area contributed by atoms with Crippen molar-refractivity contribution in [3.8, 4) is 0 Å². The third-order valence-corrected chi connectivity index (χ3v) is 1.35. The molecule has 0 fully saturated rings. The van der Waals surface area contributed by atoms with Crippen molar-refractivity contribution >= 4 is 17.4 Å². The van der Waals surface area contributed by atoms with E-state index in [2.05, 4.69) is 10.2 Å². The van der Waals surface area contributed by atoms with E-state index in [1.54, 1.807) is 0 Å². The van der Waals surface area contributed by atoms with E-state index in [9.17, 15) is 9.59 Å². The Morgan fingerprint density at radius 2 is 2.36 bits per heavy atom. The molecule has 0 unspecified atom stereocenters. The third-order valence-electron chi connectivity index (χ3n) is 1.15. The second-order valence-electron chi connectivity index (χ2n) is 1.99.